The van der Waals surface area contributed by atoms with Gasteiger partial charge in [0.15, 0.2) is 0 Å². The third-order valence-corrected chi connectivity index (χ3v) is 4.97. The number of hydrogen-bond donors (Lipinski definition) is 0. The van der Waals surface area contributed by atoms with E-state index in [2.05, 4.69) is 20.9 Å². The number of benzene rings is 1. The summed E-state index contributed by atoms with van der Waals surface area (Å²) >= 11 is 3.41. The lowest BCUT2D eigenvalue weighted by Gasteiger charge is -2.41. The number of ether oxygens (including phenoxy) is 3. The average Bonchev–Trinajstić information content (AvgIpc) is 2.64. The van der Waals surface area contributed by atoms with Gasteiger partial charge in [0.1, 0.15) is 12.4 Å². The van der Waals surface area contributed by atoms with Crippen LogP contribution in [-0.2, 0) is 31.6 Å². The number of hydrogen-bond acceptors (Lipinski definition) is 5. The Kier molecular flexibility index (Phi) is 6.27. The quantitative estimate of drug-likeness (QED) is 0.481. The van der Waals surface area contributed by atoms with E-state index in [1.54, 1.807) is 0 Å². The summed E-state index contributed by atoms with van der Waals surface area (Å²) < 4.78 is 16.3. The van der Waals surface area contributed by atoms with Gasteiger partial charge < -0.3 is 14.2 Å². The summed E-state index contributed by atoms with van der Waals surface area (Å²) in [6.45, 7) is 3.70. The van der Waals surface area contributed by atoms with Crippen LogP contribution in [0.1, 0.15) is 30.3 Å². The molecular weight excluding hydrogens is 398 g/mol. The van der Waals surface area contributed by atoms with Crippen LogP contribution >= 0.6 is 15.9 Å². The third kappa shape index (κ3) is 4.43. The molecule has 1 saturated heterocycles. The number of halogens is 1. The summed E-state index contributed by atoms with van der Waals surface area (Å²) in [6.07, 6.45) is 0.338. The first-order chi connectivity index (χ1) is 12.6. The zero-order valence-electron chi connectivity index (χ0n) is 14.7. The molecule has 1 aliphatic rings. The van der Waals surface area contributed by atoms with E-state index in [4.69, 9.17) is 14.2 Å². The fourth-order valence-corrected chi connectivity index (χ4v) is 3.27. The topological polar surface area (TPSA) is 57.7 Å². The molecule has 1 aliphatic heterocycles. The summed E-state index contributed by atoms with van der Waals surface area (Å²) in [6, 6.07) is 13.7. The van der Waals surface area contributed by atoms with Crippen LogP contribution in [0.3, 0.4) is 0 Å². The van der Waals surface area contributed by atoms with E-state index in [0.717, 1.165) is 28.0 Å². The minimum absolute atomic E-state index is 0.186. The second kappa shape index (κ2) is 8.64. The normalized spacial score (nSPS) is 15.2. The van der Waals surface area contributed by atoms with Gasteiger partial charge in [0.2, 0.25) is 0 Å². The second-order valence-corrected chi connectivity index (χ2v) is 6.88. The van der Waals surface area contributed by atoms with Crippen molar-refractivity contribution in [2.24, 2.45) is 0 Å². The van der Waals surface area contributed by atoms with Crippen LogP contribution in [0, 0.1) is 0 Å². The van der Waals surface area contributed by atoms with Crippen molar-refractivity contribution in [3.05, 3.63) is 59.4 Å². The highest BCUT2D eigenvalue weighted by Crippen LogP contribution is 2.37. The lowest BCUT2D eigenvalue weighted by atomic mass is 9.76. The number of alkyl halides is 1. The Hall–Kier alpha value is -1.92. The standard InChI is InChI=1S/C20H22BrNO4/c1-2-25-19(23)10-20(13-24-14-20)15-6-8-18(9-7-15)26-12-17-5-3-4-16(11-21)22-17/h3-9H,2,10-14H2,1H3. The molecule has 0 atom stereocenters. The van der Waals surface area contributed by atoms with Crippen LogP contribution in [0.5, 0.6) is 5.75 Å². The average molecular weight is 420 g/mol. The molecule has 0 saturated carbocycles. The molecular formula is C20H22BrNO4. The minimum atomic E-state index is -0.281. The molecule has 2 aromatic rings. The maximum atomic E-state index is 11.9. The predicted molar refractivity (Wildman–Crippen MR) is 101 cm³/mol. The summed E-state index contributed by atoms with van der Waals surface area (Å²) in [5, 5.41) is 0.722. The number of aromatic nitrogens is 1. The highest BCUT2D eigenvalue weighted by molar-refractivity contribution is 9.08. The van der Waals surface area contributed by atoms with Gasteiger partial charge >= 0.3 is 5.97 Å². The Morgan fingerprint density at radius 3 is 2.54 bits per heavy atom. The molecule has 1 aromatic heterocycles. The molecule has 0 N–H and O–H groups in total. The van der Waals surface area contributed by atoms with Crippen LogP contribution in [-0.4, -0.2) is 30.8 Å². The van der Waals surface area contributed by atoms with Crippen molar-refractivity contribution in [2.45, 2.75) is 30.7 Å². The van der Waals surface area contributed by atoms with Crippen LogP contribution < -0.4 is 4.74 Å². The zero-order chi connectivity index (χ0) is 18.4. The molecule has 0 radical (unpaired) electrons. The molecule has 2 heterocycles. The Bertz CT molecular complexity index is 744. The van der Waals surface area contributed by atoms with Gasteiger partial charge in [-0.2, -0.15) is 0 Å². The monoisotopic (exact) mass is 419 g/mol. The number of carbonyl (C=O) groups excluding carboxylic acids is 1. The van der Waals surface area contributed by atoms with Crippen molar-refractivity contribution in [3.63, 3.8) is 0 Å². The van der Waals surface area contributed by atoms with E-state index in [1.807, 2.05) is 49.4 Å². The molecule has 0 bridgehead atoms. The maximum Gasteiger partial charge on any atom is 0.306 e. The molecule has 1 aromatic carbocycles. The number of nitrogens with zero attached hydrogens (tertiary/aromatic N) is 1. The van der Waals surface area contributed by atoms with Gasteiger partial charge in [-0.15, -0.1) is 0 Å². The molecule has 1 fully saturated rings. The van der Waals surface area contributed by atoms with Crippen molar-refractivity contribution >= 4 is 21.9 Å². The minimum Gasteiger partial charge on any atom is -0.487 e. The smallest absolute Gasteiger partial charge is 0.306 e. The van der Waals surface area contributed by atoms with Crippen molar-refractivity contribution in [1.29, 1.82) is 0 Å². The van der Waals surface area contributed by atoms with Gasteiger partial charge in [0, 0.05) is 5.33 Å². The summed E-state index contributed by atoms with van der Waals surface area (Å²) in [5.41, 5.74) is 2.66. The maximum absolute atomic E-state index is 11.9. The van der Waals surface area contributed by atoms with Gasteiger partial charge in [-0.25, -0.2) is 0 Å². The van der Waals surface area contributed by atoms with E-state index < -0.39 is 0 Å². The number of esters is 1. The number of rotatable bonds is 8. The van der Waals surface area contributed by atoms with Gasteiger partial charge in [0.05, 0.1) is 43.0 Å². The lowest BCUT2D eigenvalue weighted by Crippen LogP contribution is -2.48. The van der Waals surface area contributed by atoms with E-state index >= 15 is 0 Å². The summed E-state index contributed by atoms with van der Waals surface area (Å²) in [7, 11) is 0. The third-order valence-electron chi connectivity index (χ3n) is 4.40. The first kappa shape index (κ1) is 18.9. The molecule has 0 unspecified atom stereocenters. The van der Waals surface area contributed by atoms with Gasteiger partial charge in [-0.1, -0.05) is 34.1 Å². The van der Waals surface area contributed by atoms with E-state index in [1.165, 1.54) is 0 Å². The number of pyridine rings is 1. The molecule has 0 amide bonds. The first-order valence-corrected chi connectivity index (χ1v) is 9.75. The molecule has 138 valence electrons. The van der Waals surface area contributed by atoms with Gasteiger partial charge in [-0.05, 0) is 36.8 Å². The van der Waals surface area contributed by atoms with Crippen LogP contribution in [0.25, 0.3) is 0 Å². The Labute approximate surface area is 161 Å². The van der Waals surface area contributed by atoms with Crippen molar-refractivity contribution in [1.82, 2.24) is 4.98 Å². The molecule has 3 rings (SSSR count). The van der Waals surface area contributed by atoms with E-state index in [-0.39, 0.29) is 11.4 Å². The highest BCUT2D eigenvalue weighted by atomic mass is 79.9. The Morgan fingerprint density at radius 1 is 1.19 bits per heavy atom. The molecule has 5 nitrogen and oxygen atoms in total. The molecule has 0 spiro atoms. The highest BCUT2D eigenvalue weighted by Gasteiger charge is 2.42. The fraction of sp³-hybridized carbons (Fsp3) is 0.400. The summed E-state index contributed by atoms with van der Waals surface area (Å²) in [4.78, 5) is 16.4. The first-order valence-electron chi connectivity index (χ1n) is 8.63. The molecule has 0 aliphatic carbocycles. The molecule has 6 heteroatoms. The lowest BCUT2D eigenvalue weighted by molar-refractivity contribution is -0.151. The molecule has 26 heavy (non-hydrogen) atoms. The number of carbonyl (C=O) groups is 1. The largest absolute Gasteiger partial charge is 0.487 e. The van der Waals surface area contributed by atoms with Crippen LogP contribution in [0.15, 0.2) is 42.5 Å². The predicted octanol–water partition coefficient (Wildman–Crippen LogP) is 3.78. The van der Waals surface area contributed by atoms with Crippen LogP contribution in [0.2, 0.25) is 0 Å². The van der Waals surface area contributed by atoms with Crippen molar-refractivity contribution < 1.29 is 19.0 Å². The Morgan fingerprint density at radius 2 is 1.92 bits per heavy atom. The fourth-order valence-electron chi connectivity index (χ4n) is 2.95. The Balaban J connectivity index is 1.63. The van der Waals surface area contributed by atoms with E-state index in [0.29, 0.717) is 32.8 Å². The van der Waals surface area contributed by atoms with Crippen LogP contribution in [0.4, 0.5) is 0 Å². The summed E-state index contributed by atoms with van der Waals surface area (Å²) in [5.74, 6) is 0.584. The SMILES string of the molecule is CCOC(=O)CC1(c2ccc(OCc3cccc(CBr)n3)cc2)COC1. The van der Waals surface area contributed by atoms with E-state index in [9.17, 15) is 4.79 Å². The second-order valence-electron chi connectivity index (χ2n) is 6.32. The van der Waals surface area contributed by atoms with Gasteiger partial charge in [0.25, 0.3) is 0 Å². The van der Waals surface area contributed by atoms with Crippen molar-refractivity contribution in [2.75, 3.05) is 19.8 Å². The van der Waals surface area contributed by atoms with Gasteiger partial charge in [-0.3, -0.25) is 9.78 Å². The van der Waals surface area contributed by atoms with Crippen molar-refractivity contribution in [3.8, 4) is 5.75 Å². The zero-order valence-corrected chi connectivity index (χ0v) is 16.3.